The summed E-state index contributed by atoms with van der Waals surface area (Å²) in [4.78, 5) is 8.63. The Bertz CT molecular complexity index is 692. The largest absolute Gasteiger partial charge is 0.497 e. The molecule has 0 spiro atoms. The Morgan fingerprint density at radius 3 is 3.10 bits per heavy atom. The van der Waals surface area contributed by atoms with Gasteiger partial charge in [-0.25, -0.2) is 9.97 Å². The van der Waals surface area contributed by atoms with Crippen LogP contribution in [-0.4, -0.2) is 27.7 Å². The molecule has 6 heteroatoms. The first-order chi connectivity index (χ1) is 9.74. The minimum atomic E-state index is 0.284. The first-order valence-electron chi connectivity index (χ1n) is 6.41. The summed E-state index contributed by atoms with van der Waals surface area (Å²) >= 11 is 1.64. The molecule has 0 amide bonds. The van der Waals surface area contributed by atoms with Crippen LogP contribution >= 0.6 is 11.3 Å². The lowest BCUT2D eigenvalue weighted by Gasteiger charge is -2.12. The van der Waals surface area contributed by atoms with Crippen molar-refractivity contribution in [2.45, 2.75) is 19.5 Å². The third-order valence-corrected chi connectivity index (χ3v) is 3.96. The second-order valence-electron chi connectivity index (χ2n) is 4.66. The predicted molar refractivity (Wildman–Crippen MR) is 81.5 cm³/mol. The van der Waals surface area contributed by atoms with Gasteiger partial charge in [-0.2, -0.15) is 0 Å². The van der Waals surface area contributed by atoms with Gasteiger partial charge in [0, 0.05) is 25.0 Å². The summed E-state index contributed by atoms with van der Waals surface area (Å²) in [6.07, 6.45) is 5.57. The van der Waals surface area contributed by atoms with Gasteiger partial charge in [0.1, 0.15) is 5.75 Å². The van der Waals surface area contributed by atoms with Crippen molar-refractivity contribution in [1.29, 1.82) is 0 Å². The highest BCUT2D eigenvalue weighted by Gasteiger charge is 2.08. The molecule has 0 saturated carbocycles. The normalized spacial score (nSPS) is 12.5. The molecule has 20 heavy (non-hydrogen) atoms. The number of benzene rings is 1. The molecule has 3 rings (SSSR count). The molecule has 3 aromatic rings. The van der Waals surface area contributed by atoms with Gasteiger partial charge in [-0.15, -0.1) is 0 Å². The Morgan fingerprint density at radius 2 is 2.35 bits per heavy atom. The number of hydrogen-bond acceptors (Lipinski definition) is 5. The first kappa shape index (κ1) is 12.9. The van der Waals surface area contributed by atoms with Crippen LogP contribution in [0.15, 0.2) is 36.9 Å². The number of anilines is 1. The van der Waals surface area contributed by atoms with Gasteiger partial charge in [-0.05, 0) is 25.1 Å². The average Bonchev–Trinajstić information content (AvgIpc) is 3.06. The van der Waals surface area contributed by atoms with Crippen molar-refractivity contribution in [3.05, 3.63) is 36.9 Å². The standard InChI is InChI=1S/C14H16N4OS/c1-10(8-18-6-5-15-9-18)16-14-17-12-4-3-11(19-2)7-13(12)20-14/h3-7,9-10H,8H2,1-2H3,(H,16,17). The average molecular weight is 288 g/mol. The van der Waals surface area contributed by atoms with E-state index in [0.717, 1.165) is 27.6 Å². The number of rotatable bonds is 5. The van der Waals surface area contributed by atoms with Gasteiger partial charge in [0.2, 0.25) is 0 Å². The van der Waals surface area contributed by atoms with E-state index in [2.05, 4.69) is 22.2 Å². The van der Waals surface area contributed by atoms with Gasteiger partial charge >= 0.3 is 0 Å². The van der Waals surface area contributed by atoms with Gasteiger partial charge in [-0.1, -0.05) is 11.3 Å². The first-order valence-corrected chi connectivity index (χ1v) is 7.23. The van der Waals surface area contributed by atoms with Gasteiger partial charge in [0.25, 0.3) is 0 Å². The Kier molecular flexibility index (Phi) is 3.56. The summed E-state index contributed by atoms with van der Waals surface area (Å²) in [5.74, 6) is 0.860. The predicted octanol–water partition coefficient (Wildman–Crippen LogP) is 3.00. The highest BCUT2D eigenvalue weighted by atomic mass is 32.1. The maximum absolute atomic E-state index is 5.23. The van der Waals surface area contributed by atoms with E-state index in [1.165, 1.54) is 0 Å². The van der Waals surface area contributed by atoms with Crippen LogP contribution in [0.2, 0.25) is 0 Å². The van der Waals surface area contributed by atoms with Crippen molar-refractivity contribution in [2.24, 2.45) is 0 Å². The molecule has 0 radical (unpaired) electrons. The number of fused-ring (bicyclic) bond motifs is 1. The summed E-state index contributed by atoms with van der Waals surface area (Å²) in [5.41, 5.74) is 0.994. The van der Waals surface area contributed by atoms with E-state index < -0.39 is 0 Å². The number of ether oxygens (including phenoxy) is 1. The van der Waals surface area contributed by atoms with Crippen LogP contribution < -0.4 is 10.1 Å². The molecule has 0 aliphatic rings. The molecule has 0 aliphatic heterocycles. The lowest BCUT2D eigenvalue weighted by Crippen LogP contribution is -2.21. The molecule has 1 atom stereocenters. The third kappa shape index (κ3) is 2.75. The van der Waals surface area contributed by atoms with Crippen molar-refractivity contribution in [2.75, 3.05) is 12.4 Å². The monoisotopic (exact) mass is 288 g/mol. The molecule has 0 aliphatic carbocycles. The Morgan fingerprint density at radius 1 is 1.45 bits per heavy atom. The van der Waals surface area contributed by atoms with Crippen LogP contribution in [0.3, 0.4) is 0 Å². The molecule has 1 N–H and O–H groups in total. The number of thiazole rings is 1. The highest BCUT2D eigenvalue weighted by molar-refractivity contribution is 7.22. The van der Waals surface area contributed by atoms with Gasteiger partial charge in [0.15, 0.2) is 5.13 Å². The quantitative estimate of drug-likeness (QED) is 0.784. The topological polar surface area (TPSA) is 52.0 Å². The van der Waals surface area contributed by atoms with Crippen LogP contribution in [-0.2, 0) is 6.54 Å². The fraction of sp³-hybridized carbons (Fsp3) is 0.286. The fourth-order valence-corrected chi connectivity index (χ4v) is 3.07. The van der Waals surface area contributed by atoms with Crippen molar-refractivity contribution in [3.8, 4) is 5.75 Å². The summed E-state index contributed by atoms with van der Waals surface area (Å²) in [6.45, 7) is 2.99. The van der Waals surface area contributed by atoms with Gasteiger partial charge in [0.05, 0.1) is 23.7 Å². The summed E-state index contributed by atoms with van der Waals surface area (Å²) in [7, 11) is 1.68. The molecule has 104 valence electrons. The lowest BCUT2D eigenvalue weighted by molar-refractivity contribution is 0.415. The molecule has 0 saturated heterocycles. The molecule has 1 aromatic carbocycles. The number of methoxy groups -OCH3 is 1. The van der Waals surface area contributed by atoms with Crippen LogP contribution in [0, 0.1) is 0 Å². The number of hydrogen-bond donors (Lipinski definition) is 1. The maximum atomic E-state index is 5.23. The van der Waals surface area contributed by atoms with Crippen LogP contribution in [0.5, 0.6) is 5.75 Å². The van der Waals surface area contributed by atoms with E-state index in [-0.39, 0.29) is 6.04 Å². The maximum Gasteiger partial charge on any atom is 0.184 e. The smallest absolute Gasteiger partial charge is 0.184 e. The molecule has 5 nitrogen and oxygen atoms in total. The molecule has 1 unspecified atom stereocenters. The molecule has 2 aromatic heterocycles. The summed E-state index contributed by atoms with van der Waals surface area (Å²) in [6, 6.07) is 6.21. The lowest BCUT2D eigenvalue weighted by atomic mass is 10.3. The van der Waals surface area contributed by atoms with Crippen LogP contribution in [0.4, 0.5) is 5.13 Å². The van der Waals surface area contributed by atoms with E-state index in [4.69, 9.17) is 4.74 Å². The number of imidazole rings is 1. The van der Waals surface area contributed by atoms with E-state index in [1.54, 1.807) is 24.6 Å². The van der Waals surface area contributed by atoms with Crippen molar-refractivity contribution >= 4 is 26.7 Å². The SMILES string of the molecule is COc1ccc2nc(NC(C)Cn3ccnc3)sc2c1. The zero-order chi connectivity index (χ0) is 13.9. The van der Waals surface area contributed by atoms with E-state index >= 15 is 0 Å². The second kappa shape index (κ2) is 5.50. The van der Waals surface area contributed by atoms with Gasteiger partial charge in [-0.3, -0.25) is 0 Å². The second-order valence-corrected chi connectivity index (χ2v) is 5.69. The molecule has 0 bridgehead atoms. The molecular weight excluding hydrogens is 272 g/mol. The van der Waals surface area contributed by atoms with Crippen LogP contribution in [0.25, 0.3) is 10.2 Å². The van der Waals surface area contributed by atoms with Gasteiger partial charge < -0.3 is 14.6 Å². The minimum Gasteiger partial charge on any atom is -0.497 e. The van der Waals surface area contributed by atoms with E-state index in [0.29, 0.717) is 0 Å². The molecule has 0 fully saturated rings. The zero-order valence-electron chi connectivity index (χ0n) is 11.4. The van der Waals surface area contributed by atoms with E-state index in [1.807, 2.05) is 35.3 Å². The Hall–Kier alpha value is -2.08. The zero-order valence-corrected chi connectivity index (χ0v) is 12.2. The molecule has 2 heterocycles. The van der Waals surface area contributed by atoms with Crippen molar-refractivity contribution in [3.63, 3.8) is 0 Å². The van der Waals surface area contributed by atoms with Crippen molar-refractivity contribution < 1.29 is 4.74 Å². The Balaban J connectivity index is 1.73. The number of nitrogens with zero attached hydrogens (tertiary/aromatic N) is 3. The summed E-state index contributed by atoms with van der Waals surface area (Å²) < 4.78 is 8.41. The van der Waals surface area contributed by atoms with Crippen LogP contribution in [0.1, 0.15) is 6.92 Å². The highest BCUT2D eigenvalue weighted by Crippen LogP contribution is 2.29. The minimum absolute atomic E-state index is 0.284. The summed E-state index contributed by atoms with van der Waals surface area (Å²) in [5, 5.41) is 4.36. The number of aromatic nitrogens is 3. The molecular formula is C14H16N4OS. The van der Waals surface area contributed by atoms with Crippen molar-refractivity contribution in [1.82, 2.24) is 14.5 Å². The van der Waals surface area contributed by atoms with E-state index in [9.17, 15) is 0 Å². The third-order valence-electron chi connectivity index (χ3n) is 3.01. The number of nitrogens with one attached hydrogen (secondary N) is 1. The fourth-order valence-electron chi connectivity index (χ4n) is 2.06. The Labute approximate surface area is 121 Å².